The first-order valence-electron chi connectivity index (χ1n) is 12.1. The van der Waals surface area contributed by atoms with Gasteiger partial charge in [0, 0.05) is 5.46 Å². The minimum atomic E-state index is 0.0432. The summed E-state index contributed by atoms with van der Waals surface area (Å²) in [5.41, 5.74) is 10.9. The SMILES string of the molecule is Cc1ccccc1-c1ccc2c(c1)B1c3cc(-c4ccccc4C)ccc3Oc3cccc(c31)O2. The maximum absolute atomic E-state index is 6.41. The van der Waals surface area contributed by atoms with E-state index in [1.165, 1.54) is 44.3 Å². The second-order valence-corrected chi connectivity index (χ2v) is 9.44. The van der Waals surface area contributed by atoms with Crippen molar-refractivity contribution in [1.29, 1.82) is 0 Å². The summed E-state index contributed by atoms with van der Waals surface area (Å²) in [6.45, 7) is 4.37. The molecule has 0 saturated carbocycles. The Hall–Kier alpha value is -4.24. The second kappa shape index (κ2) is 7.64. The van der Waals surface area contributed by atoms with E-state index in [0.717, 1.165) is 28.5 Å². The van der Waals surface area contributed by atoms with E-state index in [4.69, 9.17) is 9.47 Å². The summed E-state index contributed by atoms with van der Waals surface area (Å²) < 4.78 is 12.8. The third-order valence-corrected chi connectivity index (χ3v) is 7.31. The van der Waals surface area contributed by atoms with E-state index in [-0.39, 0.29) is 6.71 Å². The molecular formula is C32H23BO2. The second-order valence-electron chi connectivity index (χ2n) is 9.44. The third kappa shape index (κ3) is 3.12. The molecule has 166 valence electrons. The molecule has 0 amide bonds. The van der Waals surface area contributed by atoms with Crippen molar-refractivity contribution in [1.82, 2.24) is 0 Å². The van der Waals surface area contributed by atoms with Crippen LogP contribution in [0.1, 0.15) is 11.1 Å². The van der Waals surface area contributed by atoms with Crippen LogP contribution in [0.25, 0.3) is 22.3 Å². The number of fused-ring (bicyclic) bond motifs is 4. The van der Waals surface area contributed by atoms with Crippen molar-refractivity contribution in [3.05, 3.63) is 114 Å². The van der Waals surface area contributed by atoms with Crippen LogP contribution in [0.4, 0.5) is 0 Å². The van der Waals surface area contributed by atoms with Crippen molar-refractivity contribution in [2.24, 2.45) is 0 Å². The maximum atomic E-state index is 6.41. The summed E-state index contributed by atoms with van der Waals surface area (Å²) in [5, 5.41) is 0. The molecule has 0 radical (unpaired) electrons. The van der Waals surface area contributed by atoms with Crippen molar-refractivity contribution in [2.45, 2.75) is 13.8 Å². The molecule has 0 fully saturated rings. The molecule has 2 heterocycles. The summed E-state index contributed by atoms with van der Waals surface area (Å²) in [6, 6.07) is 36.4. The molecular weight excluding hydrogens is 427 g/mol. The van der Waals surface area contributed by atoms with E-state index in [1.54, 1.807) is 0 Å². The first kappa shape index (κ1) is 20.2. The highest BCUT2D eigenvalue weighted by Gasteiger charge is 2.40. The van der Waals surface area contributed by atoms with Crippen molar-refractivity contribution in [3.8, 4) is 45.3 Å². The number of ether oxygens (including phenoxy) is 2. The number of benzene rings is 5. The molecule has 0 spiro atoms. The van der Waals surface area contributed by atoms with Crippen LogP contribution in [0.5, 0.6) is 23.0 Å². The summed E-state index contributed by atoms with van der Waals surface area (Å²) >= 11 is 0. The Morgan fingerprint density at radius 3 is 1.46 bits per heavy atom. The largest absolute Gasteiger partial charge is 0.458 e. The van der Waals surface area contributed by atoms with Gasteiger partial charge in [0.2, 0.25) is 0 Å². The van der Waals surface area contributed by atoms with Gasteiger partial charge < -0.3 is 9.47 Å². The Bertz CT molecular complexity index is 1520. The lowest BCUT2D eigenvalue weighted by Crippen LogP contribution is -2.57. The molecule has 0 aromatic heterocycles. The van der Waals surface area contributed by atoms with Crippen LogP contribution in [0, 0.1) is 13.8 Å². The topological polar surface area (TPSA) is 18.5 Å². The molecule has 5 aromatic carbocycles. The lowest BCUT2D eigenvalue weighted by atomic mass is 9.34. The molecule has 0 N–H and O–H groups in total. The first-order chi connectivity index (χ1) is 17.2. The summed E-state index contributed by atoms with van der Waals surface area (Å²) in [5.74, 6) is 3.56. The van der Waals surface area contributed by atoms with E-state index < -0.39 is 0 Å². The Morgan fingerprint density at radius 2 is 0.971 bits per heavy atom. The van der Waals surface area contributed by atoms with E-state index in [9.17, 15) is 0 Å². The van der Waals surface area contributed by atoms with Gasteiger partial charge in [0.05, 0.1) is 0 Å². The standard InChI is InChI=1S/C32H23BO2/c1-20-8-3-5-10-24(20)22-14-16-28-26(18-22)33-27-19-23(25-11-6-4-9-21(25)2)15-17-29(27)35-31-13-7-12-30(34-28)32(31)33/h3-19H,1-2H3. The normalized spacial score (nSPS) is 12.7. The Labute approximate surface area is 205 Å². The molecule has 5 aromatic rings. The molecule has 2 aliphatic heterocycles. The highest BCUT2D eigenvalue weighted by atomic mass is 16.5. The van der Waals surface area contributed by atoms with E-state index in [2.05, 4.69) is 98.8 Å². The highest BCUT2D eigenvalue weighted by molar-refractivity contribution is 6.98. The number of rotatable bonds is 2. The summed E-state index contributed by atoms with van der Waals surface area (Å²) in [4.78, 5) is 0. The molecule has 2 aliphatic rings. The Balaban J connectivity index is 1.46. The minimum absolute atomic E-state index is 0.0432. The lowest BCUT2D eigenvalue weighted by Gasteiger charge is -2.33. The summed E-state index contributed by atoms with van der Waals surface area (Å²) in [7, 11) is 0. The van der Waals surface area contributed by atoms with Gasteiger partial charge in [-0.05, 0) is 82.4 Å². The van der Waals surface area contributed by atoms with Crippen LogP contribution in [0.2, 0.25) is 0 Å². The van der Waals surface area contributed by atoms with Crippen molar-refractivity contribution >= 4 is 23.1 Å². The zero-order valence-corrected chi connectivity index (χ0v) is 19.7. The van der Waals surface area contributed by atoms with Crippen LogP contribution in [-0.4, -0.2) is 6.71 Å². The van der Waals surface area contributed by atoms with Gasteiger partial charge in [-0.1, -0.05) is 78.9 Å². The van der Waals surface area contributed by atoms with Crippen LogP contribution < -0.4 is 25.9 Å². The molecule has 0 aliphatic carbocycles. The van der Waals surface area contributed by atoms with Gasteiger partial charge in [-0.25, -0.2) is 0 Å². The fraction of sp³-hybridized carbons (Fsp3) is 0.0625. The van der Waals surface area contributed by atoms with E-state index >= 15 is 0 Å². The van der Waals surface area contributed by atoms with Crippen LogP contribution in [-0.2, 0) is 0 Å². The van der Waals surface area contributed by atoms with Gasteiger partial charge in [-0.2, -0.15) is 0 Å². The fourth-order valence-electron chi connectivity index (χ4n) is 5.56. The molecule has 3 heteroatoms. The zero-order chi connectivity index (χ0) is 23.5. The molecule has 0 saturated heterocycles. The van der Waals surface area contributed by atoms with Crippen LogP contribution in [0.3, 0.4) is 0 Å². The zero-order valence-electron chi connectivity index (χ0n) is 19.7. The van der Waals surface area contributed by atoms with Crippen LogP contribution >= 0.6 is 0 Å². The highest BCUT2D eigenvalue weighted by Crippen LogP contribution is 2.37. The maximum Gasteiger partial charge on any atom is 0.260 e. The fourth-order valence-corrected chi connectivity index (χ4v) is 5.56. The first-order valence-corrected chi connectivity index (χ1v) is 12.1. The van der Waals surface area contributed by atoms with Gasteiger partial charge in [0.25, 0.3) is 6.71 Å². The predicted octanol–water partition coefficient (Wildman–Crippen LogP) is 6.37. The van der Waals surface area contributed by atoms with Crippen LogP contribution in [0.15, 0.2) is 103 Å². The minimum Gasteiger partial charge on any atom is -0.458 e. The molecule has 7 rings (SSSR count). The Morgan fingerprint density at radius 1 is 0.486 bits per heavy atom. The third-order valence-electron chi connectivity index (χ3n) is 7.31. The predicted molar refractivity (Wildman–Crippen MR) is 144 cm³/mol. The average molecular weight is 450 g/mol. The molecule has 2 nitrogen and oxygen atoms in total. The average Bonchev–Trinajstić information content (AvgIpc) is 2.89. The van der Waals surface area contributed by atoms with E-state index in [0.29, 0.717) is 0 Å². The van der Waals surface area contributed by atoms with Gasteiger partial charge in [0.15, 0.2) is 0 Å². The smallest absolute Gasteiger partial charge is 0.260 e. The van der Waals surface area contributed by atoms with Gasteiger partial charge in [-0.3, -0.25) is 0 Å². The molecule has 0 unspecified atom stereocenters. The van der Waals surface area contributed by atoms with Gasteiger partial charge in [-0.15, -0.1) is 0 Å². The van der Waals surface area contributed by atoms with Crippen molar-refractivity contribution < 1.29 is 9.47 Å². The monoisotopic (exact) mass is 450 g/mol. The Kier molecular flexibility index (Phi) is 4.40. The van der Waals surface area contributed by atoms with Gasteiger partial charge in [0.1, 0.15) is 23.0 Å². The number of aryl methyl sites for hydroxylation is 2. The summed E-state index contributed by atoms with van der Waals surface area (Å²) in [6.07, 6.45) is 0. The van der Waals surface area contributed by atoms with Crippen molar-refractivity contribution in [3.63, 3.8) is 0 Å². The number of hydrogen-bond acceptors (Lipinski definition) is 2. The molecule has 0 bridgehead atoms. The van der Waals surface area contributed by atoms with Crippen molar-refractivity contribution in [2.75, 3.05) is 0 Å². The quantitative estimate of drug-likeness (QED) is 0.285. The lowest BCUT2D eigenvalue weighted by molar-refractivity contribution is 0.464. The molecule has 35 heavy (non-hydrogen) atoms. The van der Waals surface area contributed by atoms with E-state index in [1.807, 2.05) is 18.2 Å². The number of hydrogen-bond donors (Lipinski definition) is 0. The molecule has 0 atom stereocenters. The van der Waals surface area contributed by atoms with Gasteiger partial charge >= 0.3 is 0 Å².